The highest BCUT2D eigenvalue weighted by Crippen LogP contribution is 2.04. The van der Waals surface area contributed by atoms with Crippen molar-refractivity contribution >= 4 is 8.32 Å². The minimum absolute atomic E-state index is 0.880. The van der Waals surface area contributed by atoms with Gasteiger partial charge in [0.05, 0.1) is 0 Å². The van der Waals surface area contributed by atoms with Crippen LogP contribution in [0.1, 0.15) is 13.3 Å². The van der Waals surface area contributed by atoms with Gasteiger partial charge in [-0.15, -0.1) is 6.58 Å². The fraction of sp³-hybridized carbons (Fsp3) is 0.714. The maximum absolute atomic E-state index is 5.55. The van der Waals surface area contributed by atoms with Crippen molar-refractivity contribution in [3.63, 3.8) is 0 Å². The maximum atomic E-state index is 5.55. The highest BCUT2D eigenvalue weighted by molar-refractivity contribution is 6.76. The highest BCUT2D eigenvalue weighted by atomic mass is 28.4. The Morgan fingerprint density at radius 1 is 1.56 bits per heavy atom. The average molecular weight is 144 g/mol. The molecule has 0 spiro atoms. The van der Waals surface area contributed by atoms with Gasteiger partial charge in [-0.05, 0) is 19.5 Å². The van der Waals surface area contributed by atoms with Crippen molar-refractivity contribution in [2.24, 2.45) is 0 Å². The van der Waals surface area contributed by atoms with Crippen LogP contribution in [0, 0.1) is 0 Å². The molecule has 0 amide bonds. The van der Waals surface area contributed by atoms with Gasteiger partial charge in [-0.2, -0.15) is 0 Å². The normalized spacial score (nSPS) is 11.4. The summed E-state index contributed by atoms with van der Waals surface area (Å²) in [7, 11) is -1.43. The summed E-state index contributed by atoms with van der Waals surface area (Å²) in [6.45, 7) is 11.0. The molecule has 0 aromatic rings. The van der Waals surface area contributed by atoms with Gasteiger partial charge in [-0.25, -0.2) is 0 Å². The van der Waals surface area contributed by atoms with Crippen molar-refractivity contribution in [2.75, 3.05) is 6.61 Å². The highest BCUT2D eigenvalue weighted by Gasteiger charge is 2.15. The summed E-state index contributed by atoms with van der Waals surface area (Å²) >= 11 is 0. The minimum Gasteiger partial charge on any atom is -0.414 e. The van der Waals surface area contributed by atoms with Crippen LogP contribution < -0.4 is 0 Å². The monoisotopic (exact) mass is 144 g/mol. The van der Waals surface area contributed by atoms with Crippen LogP contribution in [-0.2, 0) is 4.43 Å². The zero-order valence-corrected chi connectivity index (χ0v) is 7.61. The summed E-state index contributed by atoms with van der Waals surface area (Å²) in [5, 5.41) is 0. The summed E-state index contributed by atoms with van der Waals surface area (Å²) < 4.78 is 5.55. The van der Waals surface area contributed by atoms with E-state index in [1.165, 1.54) is 0 Å². The zero-order valence-electron chi connectivity index (χ0n) is 6.61. The maximum Gasteiger partial charge on any atom is 0.210 e. The summed E-state index contributed by atoms with van der Waals surface area (Å²) in [5.74, 6) is 0. The van der Waals surface area contributed by atoms with Crippen LogP contribution in [0.15, 0.2) is 12.3 Å². The van der Waals surface area contributed by atoms with E-state index in [4.69, 9.17) is 4.43 Å². The molecule has 54 valence electrons. The van der Waals surface area contributed by atoms with Gasteiger partial charge in [-0.1, -0.05) is 12.6 Å². The van der Waals surface area contributed by atoms with Gasteiger partial charge in [0.25, 0.3) is 0 Å². The fourth-order valence-electron chi connectivity index (χ4n) is 0.424. The zero-order chi connectivity index (χ0) is 7.33. The van der Waals surface area contributed by atoms with Crippen LogP contribution in [-0.4, -0.2) is 14.9 Å². The molecule has 0 aliphatic rings. The Bertz CT molecular complexity index is 88.9. The van der Waals surface area contributed by atoms with Gasteiger partial charge in [0.2, 0.25) is 8.32 Å². The smallest absolute Gasteiger partial charge is 0.210 e. The summed E-state index contributed by atoms with van der Waals surface area (Å²) in [6, 6.07) is 0. The summed E-state index contributed by atoms with van der Waals surface area (Å²) in [6.07, 6.45) is 1.10. The molecule has 0 rings (SSSR count). The second-order valence-electron chi connectivity index (χ2n) is 2.66. The molecule has 0 aromatic heterocycles. The Kier molecular flexibility index (Phi) is 3.82. The fourth-order valence-corrected chi connectivity index (χ4v) is 1.27. The van der Waals surface area contributed by atoms with Crippen LogP contribution >= 0.6 is 0 Å². The molecule has 0 aliphatic heterocycles. The lowest BCUT2D eigenvalue weighted by atomic mass is 10.5. The molecule has 2 heteroatoms. The Labute approximate surface area is 58.9 Å². The third-order valence-electron chi connectivity index (χ3n) is 1.17. The molecule has 0 aliphatic carbocycles. The van der Waals surface area contributed by atoms with E-state index in [0.29, 0.717) is 0 Å². The molecule has 0 bridgehead atoms. The first-order chi connectivity index (χ1) is 4.12. The number of rotatable bonds is 4. The van der Waals surface area contributed by atoms with Crippen molar-refractivity contribution in [3.05, 3.63) is 12.3 Å². The first kappa shape index (κ1) is 8.92. The average Bonchev–Trinajstić information content (AvgIpc) is 1.84. The lowest BCUT2D eigenvalue weighted by Gasteiger charge is -2.16. The predicted octanol–water partition coefficient (Wildman–Crippen LogP) is 2.34. The van der Waals surface area contributed by atoms with Crippen LogP contribution in [0.2, 0.25) is 13.1 Å². The van der Waals surface area contributed by atoms with Gasteiger partial charge >= 0.3 is 0 Å². The first-order valence-corrected chi connectivity index (χ1v) is 6.38. The van der Waals surface area contributed by atoms with Gasteiger partial charge in [0.1, 0.15) is 0 Å². The number of hydrogen-bond donors (Lipinski definition) is 0. The molecular formula is C7H16OSi. The third-order valence-corrected chi connectivity index (χ3v) is 3.10. The molecule has 0 atom stereocenters. The van der Waals surface area contributed by atoms with E-state index < -0.39 is 8.32 Å². The van der Waals surface area contributed by atoms with Crippen molar-refractivity contribution in [1.82, 2.24) is 0 Å². The Balaban J connectivity index is 3.45. The van der Waals surface area contributed by atoms with Crippen LogP contribution in [0.3, 0.4) is 0 Å². The minimum atomic E-state index is -1.43. The molecule has 0 unspecified atom stereocenters. The molecule has 0 saturated heterocycles. The largest absolute Gasteiger partial charge is 0.414 e. The van der Waals surface area contributed by atoms with Gasteiger partial charge in [0, 0.05) is 6.61 Å². The topological polar surface area (TPSA) is 9.23 Å². The van der Waals surface area contributed by atoms with Crippen molar-refractivity contribution in [1.29, 1.82) is 0 Å². The first-order valence-electron chi connectivity index (χ1n) is 3.40. The lowest BCUT2D eigenvalue weighted by molar-refractivity contribution is 0.314. The molecule has 0 radical (unpaired) electrons. The molecular weight excluding hydrogens is 128 g/mol. The van der Waals surface area contributed by atoms with Crippen molar-refractivity contribution in [2.45, 2.75) is 26.4 Å². The van der Waals surface area contributed by atoms with Crippen LogP contribution in [0.4, 0.5) is 0 Å². The third kappa shape index (κ3) is 4.42. The van der Waals surface area contributed by atoms with E-state index >= 15 is 0 Å². The van der Waals surface area contributed by atoms with Crippen molar-refractivity contribution in [3.8, 4) is 0 Å². The van der Waals surface area contributed by atoms with E-state index in [9.17, 15) is 0 Å². The Morgan fingerprint density at radius 2 is 2.11 bits per heavy atom. The van der Waals surface area contributed by atoms with E-state index in [1.807, 2.05) is 5.70 Å². The summed E-state index contributed by atoms with van der Waals surface area (Å²) in [4.78, 5) is 0. The molecule has 0 heterocycles. The molecule has 0 N–H and O–H groups in total. The van der Waals surface area contributed by atoms with E-state index in [0.717, 1.165) is 13.0 Å². The predicted molar refractivity (Wildman–Crippen MR) is 43.9 cm³/mol. The lowest BCUT2D eigenvalue weighted by Crippen LogP contribution is -2.27. The van der Waals surface area contributed by atoms with Crippen LogP contribution in [0.25, 0.3) is 0 Å². The quantitative estimate of drug-likeness (QED) is 0.550. The second-order valence-corrected chi connectivity index (χ2v) is 6.56. The van der Waals surface area contributed by atoms with Crippen LogP contribution in [0.5, 0.6) is 0 Å². The standard InChI is InChI=1S/C7H16OSi/c1-5-7-8-9(3,4)6-2/h6H,2,5,7H2,1,3-4H3. The molecule has 1 nitrogen and oxygen atoms in total. The second kappa shape index (κ2) is 3.85. The molecule has 9 heavy (non-hydrogen) atoms. The van der Waals surface area contributed by atoms with E-state index in [2.05, 4.69) is 26.6 Å². The van der Waals surface area contributed by atoms with E-state index in [1.54, 1.807) is 0 Å². The van der Waals surface area contributed by atoms with Gasteiger partial charge in [0.15, 0.2) is 0 Å². The molecule has 0 aromatic carbocycles. The molecule has 0 fully saturated rings. The summed E-state index contributed by atoms with van der Waals surface area (Å²) in [5.41, 5.74) is 1.96. The SMILES string of the molecule is C=C[Si](C)(C)OCCC. The molecule has 0 saturated carbocycles. The Morgan fingerprint density at radius 3 is 2.44 bits per heavy atom. The number of hydrogen-bond acceptors (Lipinski definition) is 1. The Hall–Kier alpha value is -0.0831. The van der Waals surface area contributed by atoms with Gasteiger partial charge in [-0.3, -0.25) is 0 Å². The van der Waals surface area contributed by atoms with Gasteiger partial charge < -0.3 is 4.43 Å². The van der Waals surface area contributed by atoms with E-state index in [-0.39, 0.29) is 0 Å². The van der Waals surface area contributed by atoms with Crippen molar-refractivity contribution < 1.29 is 4.43 Å².